The molecule has 8 nitrogen and oxygen atoms in total. The predicted octanol–water partition coefficient (Wildman–Crippen LogP) is 5.65. The van der Waals surface area contributed by atoms with Crippen LogP contribution in [0.1, 0.15) is 61.6 Å². The molecule has 220 valence electrons. The second-order valence-electron chi connectivity index (χ2n) is 11.3. The molecule has 5 rings (SSSR count). The Bertz CT molecular complexity index is 1360. The Morgan fingerprint density at radius 2 is 1.48 bits per heavy atom. The van der Waals surface area contributed by atoms with Gasteiger partial charge in [-0.05, 0) is 47.6 Å². The van der Waals surface area contributed by atoms with Crippen LogP contribution in [0.3, 0.4) is 0 Å². The van der Waals surface area contributed by atoms with Crippen LogP contribution in [0.4, 0.5) is 4.79 Å². The van der Waals surface area contributed by atoms with E-state index >= 15 is 0 Å². The van der Waals surface area contributed by atoms with Gasteiger partial charge in [-0.15, -0.1) is 0 Å². The largest absolute Gasteiger partial charge is 0.480 e. The van der Waals surface area contributed by atoms with Gasteiger partial charge in [-0.2, -0.15) is 0 Å². The van der Waals surface area contributed by atoms with Gasteiger partial charge in [0.25, 0.3) is 0 Å². The Morgan fingerprint density at radius 1 is 0.881 bits per heavy atom. The van der Waals surface area contributed by atoms with Crippen LogP contribution in [0, 0.1) is 5.41 Å². The minimum atomic E-state index is -1.23. The zero-order valence-corrected chi connectivity index (χ0v) is 23.9. The first kappa shape index (κ1) is 29.3. The highest BCUT2D eigenvalue weighted by Crippen LogP contribution is 2.44. The molecule has 0 aliphatic heterocycles. The van der Waals surface area contributed by atoms with Crippen molar-refractivity contribution in [1.82, 2.24) is 10.6 Å². The van der Waals surface area contributed by atoms with E-state index in [-0.39, 0.29) is 31.6 Å². The zero-order valence-electron chi connectivity index (χ0n) is 23.9. The van der Waals surface area contributed by atoms with Gasteiger partial charge in [0.1, 0.15) is 6.61 Å². The summed E-state index contributed by atoms with van der Waals surface area (Å²) in [4.78, 5) is 38.7. The van der Waals surface area contributed by atoms with Crippen molar-refractivity contribution in [3.63, 3.8) is 0 Å². The first-order chi connectivity index (χ1) is 20.4. The minimum Gasteiger partial charge on any atom is -0.480 e. The van der Waals surface area contributed by atoms with E-state index in [4.69, 9.17) is 9.47 Å². The minimum absolute atomic E-state index is 0.0659. The van der Waals surface area contributed by atoms with Crippen LogP contribution in [-0.4, -0.2) is 48.4 Å². The molecule has 1 fully saturated rings. The fraction of sp³-hybridized carbons (Fsp3) is 0.382. The molecule has 3 N–H and O–H groups in total. The Hall–Kier alpha value is -4.17. The van der Waals surface area contributed by atoms with Crippen LogP contribution in [0.15, 0.2) is 78.9 Å². The van der Waals surface area contributed by atoms with E-state index in [2.05, 4.69) is 34.9 Å². The number of carboxylic acids is 1. The lowest BCUT2D eigenvalue weighted by molar-refractivity contribution is -0.149. The molecule has 8 heteroatoms. The topological polar surface area (TPSA) is 114 Å². The third kappa shape index (κ3) is 6.49. The Morgan fingerprint density at radius 3 is 2.10 bits per heavy atom. The first-order valence-corrected chi connectivity index (χ1v) is 14.7. The molecular weight excluding hydrogens is 532 g/mol. The van der Waals surface area contributed by atoms with E-state index < -0.39 is 29.6 Å². The molecule has 0 aromatic heterocycles. The van der Waals surface area contributed by atoms with E-state index in [0.717, 1.165) is 47.1 Å². The Kier molecular flexibility index (Phi) is 9.22. The number of amides is 2. The van der Waals surface area contributed by atoms with Crippen molar-refractivity contribution in [3.05, 3.63) is 95.6 Å². The van der Waals surface area contributed by atoms with E-state index in [1.807, 2.05) is 54.6 Å². The third-order valence-electron chi connectivity index (χ3n) is 8.58. The van der Waals surface area contributed by atoms with Gasteiger partial charge in [0.05, 0.1) is 18.1 Å². The lowest BCUT2D eigenvalue weighted by Crippen LogP contribution is -2.56. The predicted molar refractivity (Wildman–Crippen MR) is 159 cm³/mol. The summed E-state index contributed by atoms with van der Waals surface area (Å²) in [6, 6.07) is 24.5. The molecule has 1 saturated carbocycles. The average molecular weight is 571 g/mol. The monoisotopic (exact) mass is 570 g/mol. The summed E-state index contributed by atoms with van der Waals surface area (Å²) in [6.07, 6.45) is 2.36. The molecule has 0 unspecified atom stereocenters. The Balaban J connectivity index is 1.20. The van der Waals surface area contributed by atoms with Gasteiger partial charge in [0, 0.05) is 12.5 Å². The molecule has 3 aromatic rings. The van der Waals surface area contributed by atoms with E-state index in [0.29, 0.717) is 12.8 Å². The molecule has 0 bridgehead atoms. The van der Waals surface area contributed by atoms with Crippen LogP contribution in [0.2, 0.25) is 0 Å². The average Bonchev–Trinajstić information content (AvgIpc) is 3.34. The molecule has 2 aliphatic rings. The maximum absolute atomic E-state index is 13.6. The SMILES string of the molecule is C[C@@H](OCc1ccccc1)[C@H](NC(=O)C1(CNC(=O)OCC2c3ccccc3-c3ccccc32)CCCCC1)C(=O)O. The summed E-state index contributed by atoms with van der Waals surface area (Å²) in [6.45, 7) is 2.12. The first-order valence-electron chi connectivity index (χ1n) is 14.7. The second-order valence-corrected chi connectivity index (χ2v) is 11.3. The highest BCUT2D eigenvalue weighted by Gasteiger charge is 2.42. The van der Waals surface area contributed by atoms with Gasteiger partial charge in [0.2, 0.25) is 5.91 Å². The number of nitrogens with one attached hydrogen (secondary N) is 2. The number of rotatable bonds is 11. The van der Waals surface area contributed by atoms with Crippen molar-refractivity contribution in [2.75, 3.05) is 13.2 Å². The standard InChI is InChI=1S/C34H38N2O6/c1-23(41-20-24-12-4-2-5-13-24)30(31(37)38)36-32(39)34(18-10-3-11-19-34)22-35-33(40)42-21-29-27-16-8-6-14-25(27)26-15-7-9-17-28(26)29/h2,4-9,12-17,23,29-30H,3,10-11,18-22H2,1H3,(H,35,40)(H,36,39)(H,37,38)/t23-,30+/m1/s1. The number of aliphatic carboxylic acids is 1. The van der Waals surface area contributed by atoms with Crippen molar-refractivity contribution < 1.29 is 29.0 Å². The number of benzene rings is 3. The summed E-state index contributed by atoms with van der Waals surface area (Å²) in [5, 5.41) is 15.5. The van der Waals surface area contributed by atoms with Crippen molar-refractivity contribution in [3.8, 4) is 11.1 Å². The number of hydrogen-bond acceptors (Lipinski definition) is 5. The number of carboxylic acid groups (broad SMARTS) is 1. The fourth-order valence-electron chi connectivity index (χ4n) is 6.18. The summed E-state index contributed by atoms with van der Waals surface area (Å²) < 4.78 is 11.5. The highest BCUT2D eigenvalue weighted by atomic mass is 16.5. The molecule has 2 aliphatic carbocycles. The van der Waals surface area contributed by atoms with Gasteiger partial charge < -0.3 is 25.2 Å². The number of ether oxygens (including phenoxy) is 2. The third-order valence-corrected chi connectivity index (χ3v) is 8.58. The molecule has 42 heavy (non-hydrogen) atoms. The van der Waals surface area contributed by atoms with Crippen molar-refractivity contribution in [1.29, 1.82) is 0 Å². The lowest BCUT2D eigenvalue weighted by Gasteiger charge is -2.37. The van der Waals surface area contributed by atoms with Crippen LogP contribution in [-0.2, 0) is 25.7 Å². The van der Waals surface area contributed by atoms with Gasteiger partial charge in [-0.25, -0.2) is 9.59 Å². The quantitative estimate of drug-likeness (QED) is 0.275. The molecular formula is C34H38N2O6. The van der Waals surface area contributed by atoms with Gasteiger partial charge in [0.15, 0.2) is 6.04 Å². The van der Waals surface area contributed by atoms with Crippen molar-refractivity contribution >= 4 is 18.0 Å². The van der Waals surface area contributed by atoms with E-state index in [9.17, 15) is 19.5 Å². The molecule has 2 atom stereocenters. The molecule has 0 saturated heterocycles. The van der Waals surface area contributed by atoms with Gasteiger partial charge in [-0.3, -0.25) is 4.79 Å². The van der Waals surface area contributed by atoms with Gasteiger partial charge in [-0.1, -0.05) is 98.1 Å². The van der Waals surface area contributed by atoms with E-state index in [1.165, 1.54) is 0 Å². The second kappa shape index (κ2) is 13.2. The Labute approximate surface area is 246 Å². The molecule has 0 radical (unpaired) electrons. The van der Waals surface area contributed by atoms with Crippen molar-refractivity contribution in [2.45, 2.75) is 63.7 Å². The molecule has 0 heterocycles. The molecule has 3 aromatic carbocycles. The summed E-state index contributed by atoms with van der Waals surface area (Å²) in [5.74, 6) is -1.62. The number of fused-ring (bicyclic) bond motifs is 3. The summed E-state index contributed by atoms with van der Waals surface area (Å²) in [5.41, 5.74) is 4.54. The van der Waals surface area contributed by atoms with Crippen LogP contribution >= 0.6 is 0 Å². The molecule has 0 spiro atoms. The summed E-state index contributed by atoms with van der Waals surface area (Å²) in [7, 11) is 0. The number of hydrogen-bond donors (Lipinski definition) is 3. The lowest BCUT2D eigenvalue weighted by atomic mass is 9.73. The molecule has 2 amide bonds. The zero-order chi connectivity index (χ0) is 29.5. The highest BCUT2D eigenvalue weighted by molar-refractivity contribution is 5.88. The number of carbonyl (C=O) groups excluding carboxylic acids is 2. The van der Waals surface area contributed by atoms with Crippen LogP contribution in [0.25, 0.3) is 11.1 Å². The normalized spacial score (nSPS) is 16.9. The van der Waals surface area contributed by atoms with Gasteiger partial charge >= 0.3 is 12.1 Å². The maximum atomic E-state index is 13.6. The smallest absolute Gasteiger partial charge is 0.407 e. The summed E-state index contributed by atoms with van der Waals surface area (Å²) >= 11 is 0. The van der Waals surface area contributed by atoms with E-state index in [1.54, 1.807) is 6.92 Å². The van der Waals surface area contributed by atoms with Crippen LogP contribution in [0.5, 0.6) is 0 Å². The fourth-order valence-corrected chi connectivity index (χ4v) is 6.18. The number of carbonyl (C=O) groups is 3. The maximum Gasteiger partial charge on any atom is 0.407 e. The number of alkyl carbamates (subject to hydrolysis) is 1. The van der Waals surface area contributed by atoms with Crippen LogP contribution < -0.4 is 10.6 Å². The van der Waals surface area contributed by atoms with Crippen molar-refractivity contribution in [2.24, 2.45) is 5.41 Å².